The average Bonchev–Trinajstić information content (AvgIpc) is 3.10. The Bertz CT molecular complexity index is 821. The molecule has 0 saturated heterocycles. The van der Waals surface area contributed by atoms with E-state index in [1.807, 2.05) is 6.07 Å². The molecule has 1 aromatic carbocycles. The summed E-state index contributed by atoms with van der Waals surface area (Å²) in [4.78, 5) is 24.0. The van der Waals surface area contributed by atoms with E-state index in [1.165, 1.54) is 11.6 Å². The van der Waals surface area contributed by atoms with Crippen molar-refractivity contribution in [1.29, 1.82) is 0 Å². The van der Waals surface area contributed by atoms with Gasteiger partial charge in [-0.15, -0.1) is 0 Å². The first-order valence-corrected chi connectivity index (χ1v) is 9.67. The fourth-order valence-electron chi connectivity index (χ4n) is 2.82. The van der Waals surface area contributed by atoms with E-state index in [-0.39, 0.29) is 18.3 Å². The van der Waals surface area contributed by atoms with Crippen LogP contribution in [0, 0.1) is 0 Å². The lowest BCUT2D eigenvalue weighted by Gasteiger charge is -2.07. The number of nitrogens with one attached hydrogen (secondary N) is 1. The molecule has 0 atom stereocenters. The van der Waals surface area contributed by atoms with E-state index in [4.69, 9.17) is 9.15 Å². The van der Waals surface area contributed by atoms with Crippen LogP contribution in [0.25, 0.3) is 6.08 Å². The Morgan fingerprint density at radius 1 is 1.14 bits per heavy atom. The third kappa shape index (κ3) is 5.84. The normalized spacial score (nSPS) is 11.4. The van der Waals surface area contributed by atoms with Crippen molar-refractivity contribution in [1.82, 2.24) is 0 Å². The van der Waals surface area contributed by atoms with Gasteiger partial charge >= 0.3 is 5.97 Å². The molecule has 28 heavy (non-hydrogen) atoms. The smallest absolute Gasteiger partial charge is 0.338 e. The molecule has 1 heterocycles. The van der Waals surface area contributed by atoms with Crippen molar-refractivity contribution in [2.24, 2.45) is 0 Å². The van der Waals surface area contributed by atoms with Crippen molar-refractivity contribution < 1.29 is 18.7 Å². The number of carbonyl (C=O) groups excluding carboxylic acids is 2. The Morgan fingerprint density at radius 3 is 2.50 bits per heavy atom. The molecule has 0 aliphatic heterocycles. The molecule has 0 saturated carbocycles. The Hall–Kier alpha value is -2.82. The lowest BCUT2D eigenvalue weighted by atomic mass is 9.98. The Labute approximate surface area is 166 Å². The summed E-state index contributed by atoms with van der Waals surface area (Å²) in [5.41, 5.74) is 2.32. The average molecular weight is 383 g/mol. The van der Waals surface area contributed by atoms with Crippen molar-refractivity contribution in [3.63, 3.8) is 0 Å². The topological polar surface area (TPSA) is 68.5 Å². The van der Waals surface area contributed by atoms with Gasteiger partial charge in [-0.05, 0) is 54.8 Å². The fraction of sp³-hybridized carbons (Fsp3) is 0.391. The number of carbonyl (C=O) groups is 2. The van der Waals surface area contributed by atoms with Crippen molar-refractivity contribution >= 4 is 23.5 Å². The molecule has 0 fully saturated rings. The Kier molecular flexibility index (Phi) is 7.61. The molecule has 0 amide bonds. The SMILES string of the molecule is CCOC(=O)c1cccc(NCC(=O)/C=C/c2cc(C(C)C)c(C(C)C)o2)c1. The Morgan fingerprint density at radius 2 is 1.89 bits per heavy atom. The summed E-state index contributed by atoms with van der Waals surface area (Å²) in [6, 6.07) is 8.90. The zero-order chi connectivity index (χ0) is 20.7. The number of ketones is 1. The van der Waals surface area contributed by atoms with E-state index in [0.29, 0.717) is 35.5 Å². The summed E-state index contributed by atoms with van der Waals surface area (Å²) >= 11 is 0. The second-order valence-electron chi connectivity index (χ2n) is 7.23. The lowest BCUT2D eigenvalue weighted by Crippen LogP contribution is -2.12. The van der Waals surface area contributed by atoms with Gasteiger partial charge in [0.2, 0.25) is 0 Å². The third-order valence-electron chi connectivity index (χ3n) is 4.23. The lowest BCUT2D eigenvalue weighted by molar-refractivity contribution is -0.113. The molecule has 0 bridgehead atoms. The Balaban J connectivity index is 1.98. The fourth-order valence-corrected chi connectivity index (χ4v) is 2.82. The second kappa shape index (κ2) is 9.93. The largest absolute Gasteiger partial charge is 0.462 e. The summed E-state index contributed by atoms with van der Waals surface area (Å²) in [5.74, 6) is 1.85. The molecule has 2 rings (SSSR count). The van der Waals surface area contributed by atoms with Gasteiger partial charge in [0.1, 0.15) is 11.5 Å². The summed E-state index contributed by atoms with van der Waals surface area (Å²) in [6.45, 7) is 10.7. The first-order valence-electron chi connectivity index (χ1n) is 9.67. The van der Waals surface area contributed by atoms with Crippen LogP contribution >= 0.6 is 0 Å². The summed E-state index contributed by atoms with van der Waals surface area (Å²) in [7, 11) is 0. The van der Waals surface area contributed by atoms with E-state index in [2.05, 4.69) is 33.0 Å². The van der Waals surface area contributed by atoms with Crippen LogP contribution in [0.15, 0.2) is 40.8 Å². The molecule has 5 nitrogen and oxygen atoms in total. The van der Waals surface area contributed by atoms with Gasteiger partial charge in [-0.2, -0.15) is 0 Å². The second-order valence-corrected chi connectivity index (χ2v) is 7.23. The number of hydrogen-bond acceptors (Lipinski definition) is 5. The molecule has 2 aromatic rings. The van der Waals surface area contributed by atoms with Crippen LogP contribution in [0.1, 0.15) is 73.9 Å². The minimum absolute atomic E-state index is 0.0878. The maximum absolute atomic E-state index is 12.2. The minimum atomic E-state index is -0.378. The molecule has 150 valence electrons. The molecule has 0 unspecified atom stereocenters. The highest BCUT2D eigenvalue weighted by Gasteiger charge is 2.15. The van der Waals surface area contributed by atoms with Gasteiger partial charge in [0.25, 0.3) is 0 Å². The highest BCUT2D eigenvalue weighted by molar-refractivity contribution is 5.96. The predicted molar refractivity (Wildman–Crippen MR) is 112 cm³/mol. The van der Waals surface area contributed by atoms with Gasteiger partial charge < -0.3 is 14.5 Å². The number of rotatable bonds is 9. The summed E-state index contributed by atoms with van der Waals surface area (Å²) in [5, 5.41) is 3.03. The number of esters is 1. The van der Waals surface area contributed by atoms with E-state index >= 15 is 0 Å². The summed E-state index contributed by atoms with van der Waals surface area (Å²) in [6.07, 6.45) is 3.21. The first kappa shape index (κ1) is 21.5. The zero-order valence-corrected chi connectivity index (χ0v) is 17.2. The molecule has 1 aromatic heterocycles. The molecule has 0 aliphatic rings. The van der Waals surface area contributed by atoms with Crippen molar-refractivity contribution in [3.8, 4) is 0 Å². The van der Waals surface area contributed by atoms with Crippen LogP contribution in [0.2, 0.25) is 0 Å². The minimum Gasteiger partial charge on any atom is -0.462 e. The quantitative estimate of drug-likeness (QED) is 0.464. The molecule has 0 spiro atoms. The van der Waals surface area contributed by atoms with Gasteiger partial charge in [0, 0.05) is 11.6 Å². The number of furan rings is 1. The molecule has 0 radical (unpaired) electrons. The van der Waals surface area contributed by atoms with Gasteiger partial charge in [0.05, 0.1) is 18.7 Å². The van der Waals surface area contributed by atoms with Crippen LogP contribution in [0.5, 0.6) is 0 Å². The van der Waals surface area contributed by atoms with Crippen LogP contribution in [-0.2, 0) is 9.53 Å². The molecular formula is C23H29NO4. The van der Waals surface area contributed by atoms with Crippen LogP contribution in [0.3, 0.4) is 0 Å². The van der Waals surface area contributed by atoms with Crippen molar-refractivity contribution in [3.05, 3.63) is 59.1 Å². The third-order valence-corrected chi connectivity index (χ3v) is 4.23. The van der Waals surface area contributed by atoms with Gasteiger partial charge in [0.15, 0.2) is 5.78 Å². The monoisotopic (exact) mass is 383 g/mol. The number of ether oxygens (including phenoxy) is 1. The highest BCUT2D eigenvalue weighted by atomic mass is 16.5. The standard InChI is InChI=1S/C23H29NO4/c1-6-27-23(26)17-8-7-9-18(12-17)24-14-19(25)10-11-20-13-21(15(2)3)22(28-20)16(4)5/h7-13,15-16,24H,6,14H2,1-5H3/b11-10+. The van der Waals surface area contributed by atoms with Crippen LogP contribution < -0.4 is 5.32 Å². The number of benzene rings is 1. The molecule has 0 aliphatic carbocycles. The molecule has 5 heteroatoms. The number of anilines is 1. The highest BCUT2D eigenvalue weighted by Crippen LogP contribution is 2.30. The number of hydrogen-bond donors (Lipinski definition) is 1. The van der Waals surface area contributed by atoms with E-state index in [1.54, 1.807) is 37.3 Å². The van der Waals surface area contributed by atoms with Gasteiger partial charge in [-0.25, -0.2) is 4.79 Å². The maximum atomic E-state index is 12.2. The summed E-state index contributed by atoms with van der Waals surface area (Å²) < 4.78 is 10.9. The van der Waals surface area contributed by atoms with Gasteiger partial charge in [-0.1, -0.05) is 33.8 Å². The molecule has 1 N–H and O–H groups in total. The van der Waals surface area contributed by atoms with Crippen molar-refractivity contribution in [2.75, 3.05) is 18.5 Å². The van der Waals surface area contributed by atoms with Crippen molar-refractivity contribution in [2.45, 2.75) is 46.5 Å². The van der Waals surface area contributed by atoms with Crippen LogP contribution in [0.4, 0.5) is 5.69 Å². The van der Waals surface area contributed by atoms with E-state index in [9.17, 15) is 9.59 Å². The van der Waals surface area contributed by atoms with Crippen LogP contribution in [-0.4, -0.2) is 24.9 Å². The predicted octanol–water partition coefficient (Wildman–Crippen LogP) is 5.40. The zero-order valence-electron chi connectivity index (χ0n) is 17.2. The maximum Gasteiger partial charge on any atom is 0.338 e. The van der Waals surface area contributed by atoms with E-state index in [0.717, 1.165) is 5.76 Å². The molecular weight excluding hydrogens is 354 g/mol. The van der Waals surface area contributed by atoms with E-state index < -0.39 is 0 Å². The first-order chi connectivity index (χ1) is 13.3. The van der Waals surface area contributed by atoms with Gasteiger partial charge in [-0.3, -0.25) is 4.79 Å².